The number of aryl methyl sites for hydroxylation is 1. The van der Waals surface area contributed by atoms with E-state index < -0.39 is 17.2 Å². The van der Waals surface area contributed by atoms with E-state index in [1.165, 1.54) is 10.9 Å². The minimum atomic E-state index is -0.572. The topological polar surface area (TPSA) is 100 Å². The summed E-state index contributed by atoms with van der Waals surface area (Å²) in [5.41, 5.74) is 2.58. The lowest BCUT2D eigenvalue weighted by Gasteiger charge is -2.13. The van der Waals surface area contributed by atoms with Gasteiger partial charge in [-0.1, -0.05) is 60.2 Å². The van der Waals surface area contributed by atoms with E-state index in [1.54, 1.807) is 11.7 Å². The van der Waals surface area contributed by atoms with Gasteiger partial charge in [-0.2, -0.15) is 0 Å². The molecule has 9 heteroatoms. The second-order valence-electron chi connectivity index (χ2n) is 8.44. The van der Waals surface area contributed by atoms with Gasteiger partial charge in [0.2, 0.25) is 5.91 Å². The summed E-state index contributed by atoms with van der Waals surface area (Å²) < 4.78 is 9.23. The maximum atomic E-state index is 13.4. The van der Waals surface area contributed by atoms with Gasteiger partial charge in [-0.3, -0.25) is 14.2 Å². The van der Waals surface area contributed by atoms with Gasteiger partial charge in [-0.05, 0) is 24.5 Å². The van der Waals surface area contributed by atoms with Gasteiger partial charge in [0, 0.05) is 20.2 Å². The van der Waals surface area contributed by atoms with Crippen LogP contribution in [0.3, 0.4) is 0 Å². The number of nitrogens with one attached hydrogen (secondary N) is 1. The average molecular weight is 476 g/mol. The maximum absolute atomic E-state index is 13.4. The van der Waals surface area contributed by atoms with Gasteiger partial charge >= 0.3 is 5.69 Å². The van der Waals surface area contributed by atoms with Crippen LogP contribution in [0.4, 0.5) is 0 Å². The number of aromatic nitrogens is 4. The number of hydrogen-bond acceptors (Lipinski definition) is 5. The summed E-state index contributed by atoms with van der Waals surface area (Å²) in [6, 6.07) is 17.5. The van der Waals surface area contributed by atoms with Crippen LogP contribution in [0.2, 0.25) is 0 Å². The Morgan fingerprint density at radius 1 is 1.03 bits per heavy atom. The van der Waals surface area contributed by atoms with E-state index in [0.29, 0.717) is 26.1 Å². The van der Waals surface area contributed by atoms with Crippen molar-refractivity contribution in [1.82, 2.24) is 24.0 Å². The van der Waals surface area contributed by atoms with Crippen LogP contribution in [0.5, 0.6) is 0 Å². The number of imidazole rings is 1. The Morgan fingerprint density at radius 2 is 1.80 bits per heavy atom. The number of fused-ring (bicyclic) bond motifs is 1. The molecule has 0 atom stereocenters. The first-order valence-electron chi connectivity index (χ1n) is 11.5. The molecule has 0 fully saturated rings. The first-order chi connectivity index (χ1) is 17.0. The Morgan fingerprint density at radius 3 is 2.54 bits per heavy atom. The number of carbonyl (C=O) groups is 1. The summed E-state index contributed by atoms with van der Waals surface area (Å²) in [6.45, 7) is 3.06. The third kappa shape index (κ3) is 5.58. The van der Waals surface area contributed by atoms with Crippen LogP contribution in [-0.2, 0) is 35.6 Å². The lowest BCUT2D eigenvalue weighted by Crippen LogP contribution is -2.44. The van der Waals surface area contributed by atoms with Gasteiger partial charge in [-0.25, -0.2) is 14.3 Å². The van der Waals surface area contributed by atoms with Crippen LogP contribution in [0.15, 0.2) is 70.5 Å². The van der Waals surface area contributed by atoms with Crippen molar-refractivity contribution < 1.29 is 9.53 Å². The SMILES string of the molecule is COCCn1cnc2c1c(=O)n(CC(=O)NCCc1cccc(C)c1)c(=O)n2Cc1ccccc1. The van der Waals surface area contributed by atoms with E-state index in [2.05, 4.69) is 16.4 Å². The van der Waals surface area contributed by atoms with Crippen molar-refractivity contribution in [3.63, 3.8) is 0 Å². The van der Waals surface area contributed by atoms with Crippen LogP contribution < -0.4 is 16.6 Å². The largest absolute Gasteiger partial charge is 0.383 e. The number of methoxy groups -OCH3 is 1. The molecule has 1 amide bonds. The van der Waals surface area contributed by atoms with Crippen LogP contribution in [0.25, 0.3) is 11.2 Å². The molecule has 2 heterocycles. The molecule has 4 rings (SSSR count). The monoisotopic (exact) mass is 475 g/mol. The van der Waals surface area contributed by atoms with Gasteiger partial charge in [0.25, 0.3) is 5.56 Å². The molecule has 2 aromatic carbocycles. The smallest absolute Gasteiger partial charge is 0.333 e. The first-order valence-corrected chi connectivity index (χ1v) is 11.5. The van der Waals surface area contributed by atoms with E-state index in [-0.39, 0.29) is 24.3 Å². The standard InChI is InChI=1S/C26H29N5O4/c1-19-7-6-10-20(15-19)11-12-27-22(32)17-31-25(33)23-24(28-18-29(23)13-14-35-2)30(26(31)34)16-21-8-4-3-5-9-21/h3-10,15,18H,11-14,16-17H2,1-2H3,(H,27,32). The molecule has 0 bridgehead atoms. The highest BCUT2D eigenvalue weighted by Gasteiger charge is 2.20. The van der Waals surface area contributed by atoms with Gasteiger partial charge < -0.3 is 14.6 Å². The predicted molar refractivity (Wildman–Crippen MR) is 134 cm³/mol. The van der Waals surface area contributed by atoms with E-state index >= 15 is 0 Å². The molecule has 4 aromatic rings. The maximum Gasteiger partial charge on any atom is 0.333 e. The summed E-state index contributed by atoms with van der Waals surface area (Å²) in [5.74, 6) is -0.398. The first kappa shape index (κ1) is 24.2. The number of ether oxygens (including phenoxy) is 1. The zero-order valence-corrected chi connectivity index (χ0v) is 19.9. The molecule has 0 aliphatic carbocycles. The van der Waals surface area contributed by atoms with Gasteiger partial charge in [0.1, 0.15) is 6.54 Å². The summed E-state index contributed by atoms with van der Waals surface area (Å²) in [7, 11) is 1.57. The number of hydrogen-bond donors (Lipinski definition) is 1. The molecule has 182 valence electrons. The highest BCUT2D eigenvalue weighted by atomic mass is 16.5. The second kappa shape index (κ2) is 11.0. The Kier molecular flexibility index (Phi) is 7.57. The predicted octanol–water partition coefficient (Wildman–Crippen LogP) is 1.72. The Hall–Kier alpha value is -3.98. The molecular formula is C26H29N5O4. The summed E-state index contributed by atoms with van der Waals surface area (Å²) in [6.07, 6.45) is 2.18. The zero-order valence-electron chi connectivity index (χ0n) is 19.9. The third-order valence-electron chi connectivity index (χ3n) is 5.82. The van der Waals surface area contributed by atoms with Crippen LogP contribution in [0.1, 0.15) is 16.7 Å². The van der Waals surface area contributed by atoms with E-state index in [4.69, 9.17) is 4.74 Å². The molecule has 0 saturated carbocycles. The number of carbonyl (C=O) groups excluding carboxylic acids is 1. The lowest BCUT2D eigenvalue weighted by molar-refractivity contribution is -0.121. The van der Waals surface area contributed by atoms with Crippen molar-refractivity contribution in [3.05, 3.63) is 98.5 Å². The average Bonchev–Trinajstić information content (AvgIpc) is 3.28. The Labute approximate surface area is 202 Å². The normalized spacial score (nSPS) is 11.1. The van der Waals surface area contributed by atoms with Crippen molar-refractivity contribution in [2.75, 3.05) is 20.3 Å². The van der Waals surface area contributed by atoms with Crippen LogP contribution in [-0.4, -0.2) is 44.9 Å². The fourth-order valence-electron chi connectivity index (χ4n) is 4.06. The highest BCUT2D eigenvalue weighted by molar-refractivity contribution is 5.76. The lowest BCUT2D eigenvalue weighted by atomic mass is 10.1. The van der Waals surface area contributed by atoms with E-state index in [1.807, 2.05) is 55.5 Å². The fraction of sp³-hybridized carbons (Fsp3) is 0.308. The van der Waals surface area contributed by atoms with E-state index in [9.17, 15) is 14.4 Å². The number of nitrogens with zero attached hydrogens (tertiary/aromatic N) is 4. The molecule has 9 nitrogen and oxygen atoms in total. The number of benzene rings is 2. The van der Waals surface area contributed by atoms with Crippen LogP contribution in [0, 0.1) is 6.92 Å². The van der Waals surface area contributed by atoms with Crippen molar-refractivity contribution in [3.8, 4) is 0 Å². The van der Waals surface area contributed by atoms with Crippen molar-refractivity contribution in [1.29, 1.82) is 0 Å². The Bertz CT molecular complexity index is 1440. The third-order valence-corrected chi connectivity index (χ3v) is 5.82. The molecule has 0 radical (unpaired) electrons. The molecular weight excluding hydrogens is 446 g/mol. The molecule has 35 heavy (non-hydrogen) atoms. The minimum Gasteiger partial charge on any atom is -0.383 e. The zero-order chi connectivity index (χ0) is 24.8. The van der Waals surface area contributed by atoms with Crippen molar-refractivity contribution in [2.45, 2.75) is 33.0 Å². The number of amides is 1. The minimum absolute atomic E-state index is 0.229. The molecule has 0 saturated heterocycles. The molecule has 0 aliphatic rings. The fourth-order valence-corrected chi connectivity index (χ4v) is 4.06. The summed E-state index contributed by atoms with van der Waals surface area (Å²) in [4.78, 5) is 43.8. The quantitative estimate of drug-likeness (QED) is 0.377. The summed E-state index contributed by atoms with van der Waals surface area (Å²) >= 11 is 0. The molecule has 0 unspecified atom stereocenters. The second-order valence-corrected chi connectivity index (χ2v) is 8.44. The summed E-state index contributed by atoms with van der Waals surface area (Å²) in [5, 5.41) is 2.82. The number of rotatable bonds is 10. The highest BCUT2D eigenvalue weighted by Crippen LogP contribution is 2.10. The Balaban J connectivity index is 1.63. The van der Waals surface area contributed by atoms with Crippen molar-refractivity contribution >= 4 is 17.1 Å². The van der Waals surface area contributed by atoms with E-state index in [0.717, 1.165) is 21.3 Å². The molecule has 1 N–H and O–H groups in total. The molecule has 0 aliphatic heterocycles. The van der Waals surface area contributed by atoms with Crippen molar-refractivity contribution in [2.24, 2.45) is 0 Å². The molecule has 0 spiro atoms. The van der Waals surface area contributed by atoms with Gasteiger partial charge in [-0.15, -0.1) is 0 Å². The molecule has 2 aromatic heterocycles. The van der Waals surface area contributed by atoms with Gasteiger partial charge in [0.05, 0.1) is 19.5 Å². The van der Waals surface area contributed by atoms with Gasteiger partial charge in [0.15, 0.2) is 11.2 Å². The van der Waals surface area contributed by atoms with Crippen LogP contribution >= 0.6 is 0 Å².